The van der Waals surface area contributed by atoms with Crippen LogP contribution in [0.4, 0.5) is 8.78 Å². The van der Waals surface area contributed by atoms with Gasteiger partial charge in [-0.1, -0.05) is 0 Å². The van der Waals surface area contributed by atoms with Crippen molar-refractivity contribution in [2.45, 2.75) is 6.92 Å². The van der Waals surface area contributed by atoms with E-state index >= 15 is 0 Å². The quantitative estimate of drug-likeness (QED) is 0.806. The summed E-state index contributed by atoms with van der Waals surface area (Å²) in [5, 5.41) is 13.2. The molecule has 0 amide bonds. The molecule has 0 aliphatic heterocycles. The number of hydrogen-bond acceptors (Lipinski definition) is 3. The first-order valence-electron chi connectivity index (χ1n) is 6.67. The van der Waals surface area contributed by atoms with Crippen molar-refractivity contribution in [1.82, 2.24) is 14.8 Å². The summed E-state index contributed by atoms with van der Waals surface area (Å²) in [6.45, 7) is 1.77. The second-order valence-corrected chi connectivity index (χ2v) is 4.92. The summed E-state index contributed by atoms with van der Waals surface area (Å²) in [7, 11) is 0. The third-order valence-electron chi connectivity index (χ3n) is 3.35. The fourth-order valence-electron chi connectivity index (χ4n) is 2.26. The molecule has 0 atom stereocenters. The molecule has 2 heterocycles. The molecule has 1 aromatic carbocycles. The van der Waals surface area contributed by atoms with Crippen molar-refractivity contribution in [2.24, 2.45) is 0 Å². The molecule has 0 aliphatic carbocycles. The number of carboxylic acid groups (broad SMARTS) is 1. The molecule has 0 unspecified atom stereocenters. The number of nitrogens with zero attached hydrogens (tertiary/aromatic N) is 3. The normalized spacial score (nSPS) is 10.7. The fourth-order valence-corrected chi connectivity index (χ4v) is 2.26. The number of aryl methyl sites for hydroxylation is 1. The van der Waals surface area contributed by atoms with Crippen LogP contribution in [-0.4, -0.2) is 25.8 Å². The van der Waals surface area contributed by atoms with Crippen LogP contribution in [0.3, 0.4) is 0 Å². The van der Waals surface area contributed by atoms with Crippen LogP contribution in [0.2, 0.25) is 0 Å². The monoisotopic (exact) mass is 315 g/mol. The number of benzene rings is 1. The summed E-state index contributed by atoms with van der Waals surface area (Å²) in [6.07, 6.45) is 2.90. The maximum absolute atomic E-state index is 13.5. The van der Waals surface area contributed by atoms with Gasteiger partial charge in [-0.15, -0.1) is 0 Å². The first kappa shape index (κ1) is 14.8. The molecule has 0 aliphatic rings. The average molecular weight is 315 g/mol. The Morgan fingerprint density at radius 3 is 2.65 bits per heavy atom. The van der Waals surface area contributed by atoms with Crippen molar-refractivity contribution >= 4 is 5.97 Å². The van der Waals surface area contributed by atoms with E-state index in [2.05, 4.69) is 10.1 Å². The number of hydrogen-bond donors (Lipinski definition) is 1. The minimum atomic E-state index is -1.09. The smallest absolute Gasteiger partial charge is 0.335 e. The number of carbonyl (C=O) groups is 1. The third kappa shape index (κ3) is 2.68. The predicted molar refractivity (Wildman–Crippen MR) is 78.4 cm³/mol. The highest BCUT2D eigenvalue weighted by Crippen LogP contribution is 2.27. The molecule has 23 heavy (non-hydrogen) atoms. The van der Waals surface area contributed by atoms with Crippen molar-refractivity contribution < 1.29 is 18.7 Å². The van der Waals surface area contributed by atoms with Crippen LogP contribution in [-0.2, 0) is 0 Å². The molecule has 0 saturated carbocycles. The van der Waals surface area contributed by atoms with E-state index in [9.17, 15) is 13.6 Å². The molecule has 0 radical (unpaired) electrons. The Morgan fingerprint density at radius 1 is 1.17 bits per heavy atom. The molecule has 1 N–H and O–H groups in total. The van der Waals surface area contributed by atoms with Gasteiger partial charge in [0.2, 0.25) is 0 Å². The minimum Gasteiger partial charge on any atom is -0.478 e. The van der Waals surface area contributed by atoms with Gasteiger partial charge < -0.3 is 5.11 Å². The predicted octanol–water partition coefficient (Wildman–Crippen LogP) is 3.22. The summed E-state index contributed by atoms with van der Waals surface area (Å²) < 4.78 is 28.0. The zero-order valence-electron chi connectivity index (χ0n) is 12.0. The van der Waals surface area contributed by atoms with Crippen molar-refractivity contribution in [3.8, 4) is 17.1 Å². The lowest BCUT2D eigenvalue weighted by atomic mass is 10.1. The van der Waals surface area contributed by atoms with E-state index in [1.807, 2.05) is 0 Å². The van der Waals surface area contributed by atoms with Gasteiger partial charge >= 0.3 is 5.97 Å². The summed E-state index contributed by atoms with van der Waals surface area (Å²) in [6, 6.07) is 6.25. The second-order valence-electron chi connectivity index (χ2n) is 4.92. The van der Waals surface area contributed by atoms with Gasteiger partial charge in [0.25, 0.3) is 0 Å². The maximum Gasteiger partial charge on any atom is 0.335 e. The standard InChI is InChI=1S/C16H11F2N3O2/c1-9-8-20-21(14-7-11(16(22)23)4-5-19-14)15(9)10-2-3-12(17)13(18)6-10/h2-8H,1H3,(H,22,23). The van der Waals surface area contributed by atoms with Gasteiger partial charge in [-0.25, -0.2) is 23.2 Å². The van der Waals surface area contributed by atoms with Crippen LogP contribution in [0, 0.1) is 18.6 Å². The first-order chi connectivity index (χ1) is 11.0. The zero-order valence-corrected chi connectivity index (χ0v) is 12.0. The van der Waals surface area contributed by atoms with Crippen LogP contribution >= 0.6 is 0 Å². The minimum absolute atomic E-state index is 0.0550. The second kappa shape index (κ2) is 5.60. The molecule has 2 aromatic heterocycles. The topological polar surface area (TPSA) is 68.0 Å². The molecule has 7 heteroatoms. The lowest BCUT2D eigenvalue weighted by Gasteiger charge is -2.09. The van der Waals surface area contributed by atoms with E-state index in [1.54, 1.807) is 13.1 Å². The molecular formula is C16H11F2N3O2. The highest BCUT2D eigenvalue weighted by Gasteiger charge is 2.15. The SMILES string of the molecule is Cc1cnn(-c2cc(C(=O)O)ccn2)c1-c1ccc(F)c(F)c1. The number of carboxylic acids is 1. The largest absolute Gasteiger partial charge is 0.478 e. The summed E-state index contributed by atoms with van der Waals surface area (Å²) in [5.74, 6) is -2.73. The Morgan fingerprint density at radius 2 is 1.96 bits per heavy atom. The molecular weight excluding hydrogens is 304 g/mol. The molecule has 0 fully saturated rings. The fraction of sp³-hybridized carbons (Fsp3) is 0.0625. The first-order valence-corrected chi connectivity index (χ1v) is 6.67. The Kier molecular flexibility index (Phi) is 3.61. The van der Waals surface area contributed by atoms with E-state index < -0.39 is 17.6 Å². The van der Waals surface area contributed by atoms with Crippen LogP contribution in [0.5, 0.6) is 0 Å². The van der Waals surface area contributed by atoms with Crippen molar-refractivity contribution in [2.75, 3.05) is 0 Å². The van der Waals surface area contributed by atoms with Gasteiger partial charge in [-0.3, -0.25) is 0 Å². The van der Waals surface area contributed by atoms with Crippen LogP contribution in [0.1, 0.15) is 15.9 Å². The average Bonchev–Trinajstić information content (AvgIpc) is 2.92. The van der Waals surface area contributed by atoms with Gasteiger partial charge in [-0.2, -0.15) is 5.10 Å². The zero-order chi connectivity index (χ0) is 16.6. The molecule has 116 valence electrons. The van der Waals surface area contributed by atoms with Crippen molar-refractivity contribution in [3.05, 3.63) is 65.5 Å². The maximum atomic E-state index is 13.5. The molecule has 0 bridgehead atoms. The Balaban J connectivity index is 2.17. The third-order valence-corrected chi connectivity index (χ3v) is 3.35. The number of rotatable bonds is 3. The van der Waals surface area contributed by atoms with E-state index in [4.69, 9.17) is 5.11 Å². The lowest BCUT2D eigenvalue weighted by molar-refractivity contribution is 0.0696. The Labute approximate surface area is 129 Å². The van der Waals surface area contributed by atoms with Crippen molar-refractivity contribution in [3.63, 3.8) is 0 Å². The van der Waals surface area contributed by atoms with Crippen molar-refractivity contribution in [1.29, 1.82) is 0 Å². The van der Waals surface area contributed by atoms with Gasteiger partial charge in [0.15, 0.2) is 17.5 Å². The van der Waals surface area contributed by atoms with E-state index in [0.717, 1.165) is 17.7 Å². The number of halogens is 2. The van der Waals surface area contributed by atoms with Crippen LogP contribution in [0.15, 0.2) is 42.7 Å². The molecule has 0 spiro atoms. The van der Waals surface area contributed by atoms with Crippen LogP contribution < -0.4 is 0 Å². The molecule has 3 aromatic rings. The lowest BCUT2D eigenvalue weighted by Crippen LogP contribution is -2.05. The number of pyridine rings is 1. The van der Waals surface area contributed by atoms with Gasteiger partial charge in [0.1, 0.15) is 0 Å². The highest BCUT2D eigenvalue weighted by atomic mass is 19.2. The van der Waals surface area contributed by atoms with Gasteiger partial charge in [-0.05, 0) is 42.8 Å². The van der Waals surface area contributed by atoms with E-state index in [0.29, 0.717) is 11.3 Å². The Hall–Kier alpha value is -3.09. The Bertz CT molecular complexity index is 906. The summed E-state index contributed by atoms with van der Waals surface area (Å²) in [4.78, 5) is 15.2. The molecule has 5 nitrogen and oxygen atoms in total. The molecule has 3 rings (SSSR count). The van der Waals surface area contributed by atoms with E-state index in [-0.39, 0.29) is 11.4 Å². The van der Waals surface area contributed by atoms with Gasteiger partial charge in [0, 0.05) is 11.8 Å². The van der Waals surface area contributed by atoms with Crippen LogP contribution in [0.25, 0.3) is 17.1 Å². The number of aromatic nitrogens is 3. The number of aromatic carboxylic acids is 1. The molecule has 0 saturated heterocycles. The van der Waals surface area contributed by atoms with E-state index in [1.165, 1.54) is 29.1 Å². The summed E-state index contributed by atoms with van der Waals surface area (Å²) >= 11 is 0. The van der Waals surface area contributed by atoms with Gasteiger partial charge in [0.05, 0.1) is 17.5 Å². The summed E-state index contributed by atoms with van der Waals surface area (Å²) in [5.41, 5.74) is 1.71. The highest BCUT2D eigenvalue weighted by molar-refractivity contribution is 5.88.